The highest BCUT2D eigenvalue weighted by Crippen LogP contribution is 2.27. The van der Waals surface area contributed by atoms with E-state index in [-0.39, 0.29) is 11.6 Å². The summed E-state index contributed by atoms with van der Waals surface area (Å²) in [6.45, 7) is -0.104. The van der Waals surface area contributed by atoms with Crippen LogP contribution >= 0.6 is 11.6 Å². The lowest BCUT2D eigenvalue weighted by Gasteiger charge is -2.08. The molecule has 8 nitrogen and oxygen atoms in total. The molecule has 2 aromatic carbocycles. The molecule has 3 aromatic rings. The van der Waals surface area contributed by atoms with Crippen LogP contribution in [0.15, 0.2) is 47.4 Å². The summed E-state index contributed by atoms with van der Waals surface area (Å²) < 4.78 is 29.1. The number of fused-ring (bicyclic) bond motifs is 1. The summed E-state index contributed by atoms with van der Waals surface area (Å²) in [4.78, 5) is 14.2. The molecule has 0 radical (unpaired) electrons. The summed E-state index contributed by atoms with van der Waals surface area (Å²) in [5, 5.41) is 11.2. The highest BCUT2D eigenvalue weighted by molar-refractivity contribution is 7.89. The second kappa shape index (κ2) is 6.43. The van der Waals surface area contributed by atoms with Crippen molar-refractivity contribution in [3.05, 3.63) is 63.4 Å². The normalized spacial score (nSPS) is 11.8. The lowest BCUT2D eigenvalue weighted by atomic mass is 10.3. The maximum absolute atomic E-state index is 12.5. The van der Waals surface area contributed by atoms with Crippen LogP contribution in [0.4, 0.5) is 5.69 Å². The second-order valence-corrected chi connectivity index (χ2v) is 7.44. The number of hydrogen-bond acceptors (Lipinski definition) is 5. The minimum atomic E-state index is -4.11. The number of nitro groups is 1. The predicted octanol–water partition coefficient (Wildman–Crippen LogP) is 2.61. The van der Waals surface area contributed by atoms with Crippen LogP contribution in [-0.2, 0) is 23.6 Å². The SMILES string of the molecule is Cn1c(CNS(=O)(=O)c2ccc(Cl)cc2[N+](=O)[O-])nc2ccccc21. The third kappa shape index (κ3) is 3.34. The van der Waals surface area contributed by atoms with E-state index in [2.05, 4.69) is 9.71 Å². The van der Waals surface area contributed by atoms with Crippen molar-refractivity contribution in [1.82, 2.24) is 14.3 Å². The number of nitrogens with zero attached hydrogens (tertiary/aromatic N) is 3. The molecule has 0 aliphatic heterocycles. The molecular weight excluding hydrogens is 368 g/mol. The first kappa shape index (κ1) is 17.3. The van der Waals surface area contributed by atoms with Crippen LogP contribution in [0, 0.1) is 10.1 Å². The molecular formula is C15H13ClN4O4S. The van der Waals surface area contributed by atoms with Gasteiger partial charge in [-0.05, 0) is 24.3 Å². The Morgan fingerprint density at radius 3 is 2.68 bits per heavy atom. The number of hydrogen-bond donors (Lipinski definition) is 1. The fourth-order valence-corrected chi connectivity index (χ4v) is 3.75. The van der Waals surface area contributed by atoms with Gasteiger partial charge in [0.2, 0.25) is 10.0 Å². The molecule has 0 spiro atoms. The van der Waals surface area contributed by atoms with Gasteiger partial charge in [-0.15, -0.1) is 0 Å². The molecule has 1 heterocycles. The van der Waals surface area contributed by atoms with E-state index in [0.717, 1.165) is 23.2 Å². The maximum atomic E-state index is 12.5. The average molecular weight is 381 g/mol. The summed E-state index contributed by atoms with van der Waals surface area (Å²) in [5.74, 6) is 0.487. The zero-order valence-electron chi connectivity index (χ0n) is 13.0. The van der Waals surface area contributed by atoms with Crippen molar-refractivity contribution in [3.8, 4) is 0 Å². The monoisotopic (exact) mass is 380 g/mol. The predicted molar refractivity (Wildman–Crippen MR) is 92.8 cm³/mol. The van der Waals surface area contributed by atoms with Crippen LogP contribution in [0.5, 0.6) is 0 Å². The number of imidazole rings is 1. The Labute approximate surface area is 148 Å². The second-order valence-electron chi connectivity index (χ2n) is 5.27. The number of nitrogens with one attached hydrogen (secondary N) is 1. The van der Waals surface area contributed by atoms with Crippen LogP contribution in [0.1, 0.15) is 5.82 Å². The van der Waals surface area contributed by atoms with E-state index in [0.29, 0.717) is 5.82 Å². The summed E-state index contributed by atoms with van der Waals surface area (Å²) in [6.07, 6.45) is 0. The lowest BCUT2D eigenvalue weighted by Crippen LogP contribution is -2.25. The Balaban J connectivity index is 1.92. The molecule has 3 rings (SSSR count). The maximum Gasteiger partial charge on any atom is 0.290 e. The van der Waals surface area contributed by atoms with Crippen molar-refractivity contribution in [2.75, 3.05) is 0 Å². The number of aromatic nitrogens is 2. The molecule has 0 aliphatic carbocycles. The van der Waals surface area contributed by atoms with Crippen LogP contribution in [0.3, 0.4) is 0 Å². The molecule has 0 atom stereocenters. The number of halogens is 1. The van der Waals surface area contributed by atoms with Gasteiger partial charge in [-0.1, -0.05) is 23.7 Å². The molecule has 1 aromatic heterocycles. The first-order valence-corrected chi connectivity index (χ1v) is 8.99. The van der Waals surface area contributed by atoms with Crippen molar-refractivity contribution in [1.29, 1.82) is 0 Å². The molecule has 0 saturated carbocycles. The minimum absolute atomic E-state index is 0.0843. The number of rotatable bonds is 5. The third-order valence-corrected chi connectivity index (χ3v) is 5.39. The molecule has 0 saturated heterocycles. The van der Waals surface area contributed by atoms with E-state index in [9.17, 15) is 18.5 Å². The van der Waals surface area contributed by atoms with Gasteiger partial charge < -0.3 is 4.57 Å². The van der Waals surface area contributed by atoms with Crippen LogP contribution in [0.25, 0.3) is 11.0 Å². The van der Waals surface area contributed by atoms with Gasteiger partial charge in [0.1, 0.15) is 5.82 Å². The van der Waals surface area contributed by atoms with Gasteiger partial charge in [-0.2, -0.15) is 0 Å². The largest absolute Gasteiger partial charge is 0.330 e. The molecule has 0 unspecified atom stereocenters. The number of sulfonamides is 1. The average Bonchev–Trinajstić information content (AvgIpc) is 2.89. The van der Waals surface area contributed by atoms with Gasteiger partial charge in [0.25, 0.3) is 5.69 Å². The van der Waals surface area contributed by atoms with Crippen molar-refractivity contribution < 1.29 is 13.3 Å². The molecule has 1 N–H and O–H groups in total. The van der Waals surface area contributed by atoms with E-state index in [4.69, 9.17) is 11.6 Å². The third-order valence-electron chi connectivity index (χ3n) is 3.71. The van der Waals surface area contributed by atoms with Crippen LogP contribution in [0.2, 0.25) is 5.02 Å². The standard InChI is InChI=1S/C15H13ClN4O4S/c1-19-12-5-3-2-4-11(12)18-15(19)9-17-25(23,24)14-7-6-10(16)8-13(14)20(21)22/h2-8,17H,9H2,1H3. The highest BCUT2D eigenvalue weighted by Gasteiger charge is 2.26. The first-order chi connectivity index (χ1) is 11.8. The summed E-state index contributed by atoms with van der Waals surface area (Å²) >= 11 is 5.72. The number of para-hydroxylation sites is 2. The molecule has 0 fully saturated rings. The lowest BCUT2D eigenvalue weighted by molar-refractivity contribution is -0.387. The van der Waals surface area contributed by atoms with E-state index >= 15 is 0 Å². The minimum Gasteiger partial charge on any atom is -0.330 e. The molecule has 0 aliphatic rings. The fourth-order valence-electron chi connectivity index (χ4n) is 2.45. The molecule has 25 heavy (non-hydrogen) atoms. The van der Waals surface area contributed by atoms with Gasteiger partial charge in [-0.25, -0.2) is 18.1 Å². The van der Waals surface area contributed by atoms with Crippen molar-refractivity contribution in [2.45, 2.75) is 11.4 Å². The fraction of sp³-hybridized carbons (Fsp3) is 0.133. The zero-order chi connectivity index (χ0) is 18.2. The molecule has 0 amide bonds. The Morgan fingerprint density at radius 1 is 1.28 bits per heavy atom. The van der Waals surface area contributed by atoms with Crippen LogP contribution in [-0.4, -0.2) is 22.9 Å². The topological polar surface area (TPSA) is 107 Å². The van der Waals surface area contributed by atoms with Crippen molar-refractivity contribution >= 4 is 38.3 Å². The summed E-state index contributed by atoms with van der Waals surface area (Å²) in [5.41, 5.74) is 1.01. The van der Waals surface area contributed by atoms with E-state index in [1.54, 1.807) is 11.6 Å². The smallest absolute Gasteiger partial charge is 0.290 e. The van der Waals surface area contributed by atoms with Gasteiger partial charge in [0, 0.05) is 18.1 Å². The van der Waals surface area contributed by atoms with Gasteiger partial charge in [0.15, 0.2) is 4.90 Å². The Kier molecular flexibility index (Phi) is 4.46. The number of benzene rings is 2. The van der Waals surface area contributed by atoms with Crippen molar-refractivity contribution in [2.24, 2.45) is 7.05 Å². The molecule has 130 valence electrons. The number of aryl methyl sites for hydroxylation is 1. The summed E-state index contributed by atoms with van der Waals surface area (Å²) in [7, 11) is -2.34. The van der Waals surface area contributed by atoms with Crippen molar-refractivity contribution in [3.63, 3.8) is 0 Å². The Hall–Kier alpha value is -2.49. The Bertz CT molecular complexity index is 1080. The first-order valence-electron chi connectivity index (χ1n) is 7.13. The molecule has 0 bridgehead atoms. The quantitative estimate of drug-likeness (QED) is 0.540. The van der Waals surface area contributed by atoms with Gasteiger partial charge in [-0.3, -0.25) is 10.1 Å². The Morgan fingerprint density at radius 2 is 2.00 bits per heavy atom. The molecule has 10 heteroatoms. The summed E-state index contributed by atoms with van der Waals surface area (Å²) in [6, 6.07) is 10.8. The van der Waals surface area contributed by atoms with E-state index < -0.39 is 25.5 Å². The van der Waals surface area contributed by atoms with Crippen LogP contribution < -0.4 is 4.72 Å². The highest BCUT2D eigenvalue weighted by atomic mass is 35.5. The van der Waals surface area contributed by atoms with Gasteiger partial charge >= 0.3 is 0 Å². The van der Waals surface area contributed by atoms with Gasteiger partial charge in [0.05, 0.1) is 22.5 Å². The number of nitro benzene ring substituents is 1. The van der Waals surface area contributed by atoms with E-state index in [1.165, 1.54) is 6.07 Å². The van der Waals surface area contributed by atoms with E-state index in [1.807, 2.05) is 24.3 Å². The zero-order valence-corrected chi connectivity index (χ0v) is 14.6.